The van der Waals surface area contributed by atoms with Crippen molar-refractivity contribution >= 4 is 23.2 Å². The molecule has 0 radical (unpaired) electrons. The molecule has 0 atom stereocenters. The summed E-state index contributed by atoms with van der Waals surface area (Å²) >= 11 is 0.953. The molecule has 6 heteroatoms. The van der Waals surface area contributed by atoms with Crippen LogP contribution in [0.25, 0.3) is 11.3 Å². The number of anilines is 1. The molecule has 0 amide bonds. The lowest BCUT2D eigenvalue weighted by atomic mass is 10.1. The van der Waals surface area contributed by atoms with Gasteiger partial charge in [-0.1, -0.05) is 12.1 Å². The molecule has 2 N–H and O–H groups in total. The first-order chi connectivity index (χ1) is 8.63. The lowest BCUT2D eigenvalue weighted by Gasteiger charge is -2.01. The zero-order valence-electron chi connectivity index (χ0n) is 9.64. The van der Waals surface area contributed by atoms with Gasteiger partial charge in [-0.3, -0.25) is 0 Å². The highest BCUT2D eigenvalue weighted by Crippen LogP contribution is 2.31. The maximum atomic E-state index is 13.1. The zero-order valence-corrected chi connectivity index (χ0v) is 10.5. The Morgan fingerprint density at radius 3 is 3.00 bits per heavy atom. The molecule has 0 unspecified atom stereocenters. The monoisotopic (exact) mass is 266 g/mol. The molecule has 0 aliphatic rings. The van der Waals surface area contributed by atoms with E-state index in [1.165, 1.54) is 12.1 Å². The van der Waals surface area contributed by atoms with Crippen molar-refractivity contribution in [2.24, 2.45) is 0 Å². The molecule has 2 aromatic rings. The summed E-state index contributed by atoms with van der Waals surface area (Å²) in [5.74, 6) is -0.882. The highest BCUT2D eigenvalue weighted by Gasteiger charge is 2.19. The molecular weight excluding hydrogens is 255 g/mol. The van der Waals surface area contributed by atoms with E-state index >= 15 is 0 Å². The number of carbonyl (C=O) groups is 1. The average molecular weight is 266 g/mol. The predicted octanol–water partition coefficient (Wildman–Crippen LogP) is 2.71. The number of nitrogens with two attached hydrogens (primary N) is 1. The van der Waals surface area contributed by atoms with Gasteiger partial charge in [0.2, 0.25) is 0 Å². The van der Waals surface area contributed by atoms with Gasteiger partial charge in [-0.05, 0) is 30.6 Å². The van der Waals surface area contributed by atoms with Gasteiger partial charge < -0.3 is 10.5 Å². The number of aromatic nitrogens is 1. The number of hydrogen-bond donors (Lipinski definition) is 1. The van der Waals surface area contributed by atoms with E-state index in [9.17, 15) is 9.18 Å². The fraction of sp³-hybridized carbons (Fsp3) is 0.167. The summed E-state index contributed by atoms with van der Waals surface area (Å²) in [6.07, 6.45) is 0. The smallest absolute Gasteiger partial charge is 0.352 e. The molecule has 0 saturated heterocycles. The standard InChI is InChI=1S/C12H11FN2O2S/c1-2-17-12(16)11-9(14)10(15-18-11)7-4-3-5-8(13)6-7/h3-6H,2,14H2,1H3. The summed E-state index contributed by atoms with van der Waals surface area (Å²) in [7, 11) is 0. The van der Waals surface area contributed by atoms with Crippen LogP contribution in [-0.2, 0) is 4.74 Å². The van der Waals surface area contributed by atoms with Crippen molar-refractivity contribution in [1.29, 1.82) is 0 Å². The van der Waals surface area contributed by atoms with Crippen molar-refractivity contribution in [3.05, 3.63) is 35.0 Å². The van der Waals surface area contributed by atoms with Gasteiger partial charge >= 0.3 is 5.97 Å². The van der Waals surface area contributed by atoms with E-state index in [1.807, 2.05) is 0 Å². The molecule has 1 aromatic heterocycles. The SMILES string of the molecule is CCOC(=O)c1snc(-c2cccc(F)c2)c1N. The quantitative estimate of drug-likeness (QED) is 0.867. The molecule has 4 nitrogen and oxygen atoms in total. The van der Waals surface area contributed by atoms with Crippen LogP contribution in [0.3, 0.4) is 0 Å². The van der Waals surface area contributed by atoms with Crippen LogP contribution in [0.5, 0.6) is 0 Å². The number of nitrogens with zero attached hydrogens (tertiary/aromatic N) is 1. The van der Waals surface area contributed by atoms with Gasteiger partial charge in [0.05, 0.1) is 12.3 Å². The second-order valence-corrected chi connectivity index (χ2v) is 4.28. The maximum Gasteiger partial charge on any atom is 0.352 e. The Balaban J connectivity index is 2.39. The van der Waals surface area contributed by atoms with Crippen molar-refractivity contribution in [1.82, 2.24) is 4.37 Å². The molecular formula is C12H11FN2O2S. The summed E-state index contributed by atoms with van der Waals surface area (Å²) in [5.41, 5.74) is 7.01. The topological polar surface area (TPSA) is 65.2 Å². The Hall–Kier alpha value is -1.95. The summed E-state index contributed by atoms with van der Waals surface area (Å²) in [6, 6.07) is 5.90. The molecule has 18 heavy (non-hydrogen) atoms. The normalized spacial score (nSPS) is 10.3. The number of halogens is 1. The van der Waals surface area contributed by atoms with Gasteiger partial charge in [0, 0.05) is 5.56 Å². The Morgan fingerprint density at radius 1 is 1.56 bits per heavy atom. The number of esters is 1. The molecule has 0 saturated carbocycles. The third-order valence-electron chi connectivity index (χ3n) is 2.29. The van der Waals surface area contributed by atoms with Gasteiger partial charge in [0.1, 0.15) is 11.5 Å². The fourth-order valence-corrected chi connectivity index (χ4v) is 2.20. The number of ether oxygens (including phenoxy) is 1. The zero-order chi connectivity index (χ0) is 13.1. The predicted molar refractivity (Wildman–Crippen MR) is 67.9 cm³/mol. The number of benzene rings is 1. The van der Waals surface area contributed by atoms with E-state index in [4.69, 9.17) is 10.5 Å². The maximum absolute atomic E-state index is 13.1. The molecule has 0 spiro atoms. The van der Waals surface area contributed by atoms with Crippen LogP contribution in [0.4, 0.5) is 10.1 Å². The largest absolute Gasteiger partial charge is 0.462 e. The first-order valence-electron chi connectivity index (χ1n) is 5.31. The van der Waals surface area contributed by atoms with Crippen LogP contribution < -0.4 is 5.73 Å². The Labute approximate surface area is 107 Å². The minimum absolute atomic E-state index is 0.226. The van der Waals surface area contributed by atoms with Crippen LogP contribution in [0.2, 0.25) is 0 Å². The molecule has 94 valence electrons. The second-order valence-electron chi connectivity index (χ2n) is 3.50. The van der Waals surface area contributed by atoms with E-state index in [-0.39, 0.29) is 23.0 Å². The van der Waals surface area contributed by atoms with Crippen molar-refractivity contribution in [3.63, 3.8) is 0 Å². The minimum atomic E-state index is -0.504. The van der Waals surface area contributed by atoms with Gasteiger partial charge in [0.25, 0.3) is 0 Å². The second kappa shape index (κ2) is 5.14. The summed E-state index contributed by atoms with van der Waals surface area (Å²) in [4.78, 5) is 11.8. The van der Waals surface area contributed by atoms with Gasteiger partial charge in [-0.25, -0.2) is 9.18 Å². The third kappa shape index (κ3) is 2.33. The molecule has 0 aliphatic carbocycles. The molecule has 0 aliphatic heterocycles. The first kappa shape index (κ1) is 12.5. The average Bonchev–Trinajstić information content (AvgIpc) is 2.71. The van der Waals surface area contributed by atoms with Crippen LogP contribution in [0.15, 0.2) is 24.3 Å². The van der Waals surface area contributed by atoms with E-state index in [2.05, 4.69) is 4.37 Å². The van der Waals surface area contributed by atoms with Crippen molar-refractivity contribution in [2.75, 3.05) is 12.3 Å². The van der Waals surface area contributed by atoms with E-state index in [0.717, 1.165) is 11.5 Å². The van der Waals surface area contributed by atoms with E-state index in [1.54, 1.807) is 19.1 Å². The van der Waals surface area contributed by atoms with E-state index < -0.39 is 5.97 Å². The van der Waals surface area contributed by atoms with E-state index in [0.29, 0.717) is 11.3 Å². The summed E-state index contributed by atoms with van der Waals surface area (Å²) in [5, 5.41) is 0. The Kier molecular flexibility index (Phi) is 3.57. The van der Waals surface area contributed by atoms with Gasteiger partial charge in [-0.2, -0.15) is 4.37 Å². The van der Waals surface area contributed by atoms with Crippen LogP contribution in [0, 0.1) is 5.82 Å². The summed E-state index contributed by atoms with van der Waals surface area (Å²) in [6.45, 7) is 1.98. The first-order valence-corrected chi connectivity index (χ1v) is 6.09. The van der Waals surface area contributed by atoms with Crippen molar-refractivity contribution in [3.8, 4) is 11.3 Å². The third-order valence-corrected chi connectivity index (χ3v) is 3.13. The Bertz CT molecular complexity index is 583. The van der Waals surface area contributed by atoms with Gasteiger partial charge in [0.15, 0.2) is 4.88 Å². The minimum Gasteiger partial charge on any atom is -0.462 e. The molecule has 0 fully saturated rings. The molecule has 1 heterocycles. The van der Waals surface area contributed by atoms with Crippen molar-refractivity contribution < 1.29 is 13.9 Å². The Morgan fingerprint density at radius 2 is 2.33 bits per heavy atom. The van der Waals surface area contributed by atoms with Crippen LogP contribution in [-0.4, -0.2) is 16.9 Å². The number of nitrogen functional groups attached to an aromatic ring is 1. The highest BCUT2D eigenvalue weighted by molar-refractivity contribution is 7.09. The lowest BCUT2D eigenvalue weighted by Crippen LogP contribution is -2.05. The molecule has 1 aromatic carbocycles. The van der Waals surface area contributed by atoms with Crippen LogP contribution >= 0.6 is 11.5 Å². The van der Waals surface area contributed by atoms with Crippen molar-refractivity contribution in [2.45, 2.75) is 6.92 Å². The number of hydrogen-bond acceptors (Lipinski definition) is 5. The van der Waals surface area contributed by atoms with Crippen LogP contribution in [0.1, 0.15) is 16.6 Å². The summed E-state index contributed by atoms with van der Waals surface area (Å²) < 4.78 is 22.1. The molecule has 2 rings (SSSR count). The lowest BCUT2D eigenvalue weighted by molar-refractivity contribution is 0.0533. The highest BCUT2D eigenvalue weighted by atomic mass is 32.1. The number of rotatable bonds is 3. The number of carbonyl (C=O) groups excluding carboxylic acids is 1. The fourth-order valence-electron chi connectivity index (χ4n) is 1.49. The molecule has 0 bridgehead atoms. The van der Waals surface area contributed by atoms with Gasteiger partial charge in [-0.15, -0.1) is 0 Å².